The summed E-state index contributed by atoms with van der Waals surface area (Å²) in [5.74, 6) is -0.945. The highest BCUT2D eigenvalue weighted by Crippen LogP contribution is 2.21. The number of halogens is 1. The van der Waals surface area contributed by atoms with Crippen molar-refractivity contribution in [2.45, 2.75) is 37.8 Å². The lowest BCUT2D eigenvalue weighted by molar-refractivity contribution is -0.139. The first-order chi connectivity index (χ1) is 12.9. The van der Waals surface area contributed by atoms with Crippen molar-refractivity contribution in [3.8, 4) is 0 Å². The van der Waals surface area contributed by atoms with Crippen molar-refractivity contribution in [1.82, 2.24) is 10.2 Å². The molecule has 1 saturated heterocycles. The van der Waals surface area contributed by atoms with Crippen LogP contribution in [-0.4, -0.2) is 40.5 Å². The van der Waals surface area contributed by atoms with Gasteiger partial charge in [-0.05, 0) is 37.0 Å². The smallest absolute Gasteiger partial charge is 0.225 e. The molecule has 146 valence electrons. The molecular weight excluding hydrogens is 347 g/mol. The molecule has 2 N–H and O–H groups in total. The molecule has 0 radical (unpaired) electrons. The minimum absolute atomic E-state index is 0.0434. The fourth-order valence-corrected chi connectivity index (χ4v) is 3.30. The lowest BCUT2D eigenvalue weighted by atomic mass is 9.93. The van der Waals surface area contributed by atoms with Gasteiger partial charge in [-0.1, -0.05) is 24.3 Å². The fourth-order valence-electron chi connectivity index (χ4n) is 3.30. The zero-order chi connectivity index (χ0) is 19.9. The molecule has 27 heavy (non-hydrogen) atoms. The van der Waals surface area contributed by atoms with E-state index >= 15 is 0 Å². The van der Waals surface area contributed by atoms with E-state index in [1.165, 1.54) is 12.1 Å². The van der Waals surface area contributed by atoms with E-state index in [0.717, 1.165) is 0 Å². The third-order valence-corrected chi connectivity index (χ3v) is 4.77. The Hall–Kier alpha value is -2.47. The van der Waals surface area contributed by atoms with E-state index in [1.54, 1.807) is 29.2 Å². The van der Waals surface area contributed by atoms with Crippen molar-refractivity contribution in [2.75, 3.05) is 13.1 Å². The van der Waals surface area contributed by atoms with Gasteiger partial charge in [0.2, 0.25) is 11.8 Å². The highest BCUT2D eigenvalue weighted by molar-refractivity contribution is 5.83. The standard InChI is InChI=1S/C21H27FN2O3/c1-3-10-21(27,11-4-2)15-23-20(26)17-8-9-19(25)24(14-17)13-16-6-5-7-18(22)12-16/h3-7,12,17,27H,1-2,8-11,13-15H2,(H,23,26)/t17-/m0/s1. The average molecular weight is 374 g/mol. The third-order valence-electron chi connectivity index (χ3n) is 4.77. The van der Waals surface area contributed by atoms with Crippen molar-refractivity contribution in [3.05, 3.63) is 61.0 Å². The number of hydrogen-bond acceptors (Lipinski definition) is 3. The SMILES string of the molecule is C=CCC(O)(CC=C)CNC(=O)[C@H]1CCC(=O)N(Cc2cccc(F)c2)C1. The Morgan fingerprint density at radius 1 is 1.37 bits per heavy atom. The van der Waals surface area contributed by atoms with Gasteiger partial charge in [0.05, 0.1) is 11.5 Å². The van der Waals surface area contributed by atoms with Gasteiger partial charge in [-0.15, -0.1) is 13.2 Å². The molecule has 1 heterocycles. The first-order valence-corrected chi connectivity index (χ1v) is 9.11. The van der Waals surface area contributed by atoms with Crippen molar-refractivity contribution in [1.29, 1.82) is 0 Å². The number of benzene rings is 1. The van der Waals surface area contributed by atoms with E-state index in [-0.39, 0.29) is 49.6 Å². The number of aliphatic hydroxyl groups is 1. The molecule has 1 aliphatic heterocycles. The summed E-state index contributed by atoms with van der Waals surface area (Å²) in [5.41, 5.74) is -0.416. The first-order valence-electron chi connectivity index (χ1n) is 9.11. The minimum Gasteiger partial charge on any atom is -0.387 e. The van der Waals surface area contributed by atoms with Gasteiger partial charge in [0.1, 0.15) is 5.82 Å². The second-order valence-electron chi connectivity index (χ2n) is 7.07. The van der Waals surface area contributed by atoms with Crippen LogP contribution in [0.2, 0.25) is 0 Å². The normalized spacial score (nSPS) is 17.5. The number of piperidine rings is 1. The van der Waals surface area contributed by atoms with E-state index in [0.29, 0.717) is 24.8 Å². The Morgan fingerprint density at radius 3 is 2.70 bits per heavy atom. The van der Waals surface area contributed by atoms with Crippen LogP contribution in [0, 0.1) is 11.7 Å². The van der Waals surface area contributed by atoms with E-state index in [2.05, 4.69) is 18.5 Å². The maximum Gasteiger partial charge on any atom is 0.225 e. The van der Waals surface area contributed by atoms with Gasteiger partial charge in [0.25, 0.3) is 0 Å². The van der Waals surface area contributed by atoms with Crippen LogP contribution in [0.5, 0.6) is 0 Å². The summed E-state index contributed by atoms with van der Waals surface area (Å²) >= 11 is 0. The lowest BCUT2D eigenvalue weighted by Gasteiger charge is -2.33. The molecule has 1 aromatic carbocycles. The maximum atomic E-state index is 13.4. The van der Waals surface area contributed by atoms with Gasteiger partial charge >= 0.3 is 0 Å². The molecule has 0 aromatic heterocycles. The summed E-state index contributed by atoms with van der Waals surface area (Å²) < 4.78 is 13.4. The van der Waals surface area contributed by atoms with Crippen LogP contribution < -0.4 is 5.32 Å². The van der Waals surface area contributed by atoms with Crippen LogP contribution in [-0.2, 0) is 16.1 Å². The maximum absolute atomic E-state index is 13.4. The monoisotopic (exact) mass is 374 g/mol. The van der Waals surface area contributed by atoms with Gasteiger partial charge in [-0.25, -0.2) is 4.39 Å². The molecule has 1 aliphatic rings. The Kier molecular flexibility index (Phi) is 7.30. The summed E-state index contributed by atoms with van der Waals surface area (Å²) in [4.78, 5) is 26.3. The van der Waals surface area contributed by atoms with Crippen molar-refractivity contribution < 1.29 is 19.1 Å². The molecule has 0 aliphatic carbocycles. The number of nitrogens with one attached hydrogen (secondary N) is 1. The molecule has 2 rings (SSSR count). The van der Waals surface area contributed by atoms with Gasteiger partial charge in [0, 0.05) is 26.1 Å². The number of amides is 2. The molecule has 0 spiro atoms. The van der Waals surface area contributed by atoms with Crippen LogP contribution in [0.3, 0.4) is 0 Å². The largest absolute Gasteiger partial charge is 0.387 e. The Balaban J connectivity index is 1.95. The molecule has 1 aromatic rings. The molecule has 0 saturated carbocycles. The zero-order valence-electron chi connectivity index (χ0n) is 15.5. The first kappa shape index (κ1) is 20.8. The summed E-state index contributed by atoms with van der Waals surface area (Å²) in [6.45, 7) is 7.91. The van der Waals surface area contributed by atoms with Crippen LogP contribution in [0.25, 0.3) is 0 Å². The minimum atomic E-state index is -1.11. The predicted molar refractivity (Wildman–Crippen MR) is 102 cm³/mol. The number of carbonyl (C=O) groups excluding carboxylic acids is 2. The van der Waals surface area contributed by atoms with E-state index in [9.17, 15) is 19.1 Å². The molecule has 5 nitrogen and oxygen atoms in total. The third kappa shape index (κ3) is 6.03. The second-order valence-corrected chi connectivity index (χ2v) is 7.07. The summed E-state index contributed by atoms with van der Waals surface area (Å²) in [6, 6.07) is 6.10. The molecule has 1 atom stereocenters. The molecule has 1 fully saturated rings. The van der Waals surface area contributed by atoms with Crippen molar-refractivity contribution >= 4 is 11.8 Å². The molecule has 0 bridgehead atoms. The van der Waals surface area contributed by atoms with E-state index in [1.807, 2.05) is 0 Å². The Bertz CT molecular complexity index is 694. The van der Waals surface area contributed by atoms with E-state index < -0.39 is 5.60 Å². The average Bonchev–Trinajstić information content (AvgIpc) is 2.62. The van der Waals surface area contributed by atoms with E-state index in [4.69, 9.17) is 0 Å². The summed E-state index contributed by atoms with van der Waals surface area (Å²) in [5, 5.41) is 13.3. The second kappa shape index (κ2) is 9.46. The van der Waals surface area contributed by atoms with Crippen LogP contribution in [0.4, 0.5) is 4.39 Å². The quantitative estimate of drug-likeness (QED) is 0.653. The topological polar surface area (TPSA) is 69.6 Å². The van der Waals surface area contributed by atoms with Gasteiger partial charge < -0.3 is 15.3 Å². The zero-order valence-corrected chi connectivity index (χ0v) is 15.5. The highest BCUT2D eigenvalue weighted by Gasteiger charge is 2.32. The number of nitrogens with zero attached hydrogens (tertiary/aromatic N) is 1. The van der Waals surface area contributed by atoms with Gasteiger partial charge in [-0.2, -0.15) is 0 Å². The van der Waals surface area contributed by atoms with Gasteiger partial charge in [0.15, 0.2) is 0 Å². The Morgan fingerprint density at radius 2 is 2.07 bits per heavy atom. The Labute approximate surface area is 159 Å². The van der Waals surface area contributed by atoms with Crippen LogP contribution in [0.1, 0.15) is 31.2 Å². The van der Waals surface area contributed by atoms with Crippen molar-refractivity contribution in [2.24, 2.45) is 5.92 Å². The van der Waals surface area contributed by atoms with Crippen LogP contribution >= 0.6 is 0 Å². The fraction of sp³-hybridized carbons (Fsp3) is 0.429. The molecule has 6 heteroatoms. The number of hydrogen-bond donors (Lipinski definition) is 2. The lowest BCUT2D eigenvalue weighted by Crippen LogP contribution is -2.49. The number of likely N-dealkylation sites (tertiary alicyclic amines) is 1. The highest BCUT2D eigenvalue weighted by atomic mass is 19.1. The van der Waals surface area contributed by atoms with Crippen molar-refractivity contribution in [3.63, 3.8) is 0 Å². The van der Waals surface area contributed by atoms with Gasteiger partial charge in [-0.3, -0.25) is 9.59 Å². The molecular formula is C21H27FN2O3. The molecule has 2 amide bonds. The number of carbonyl (C=O) groups is 2. The number of rotatable bonds is 9. The molecule has 0 unspecified atom stereocenters. The summed E-state index contributed by atoms with van der Waals surface area (Å²) in [6.07, 6.45) is 4.64. The predicted octanol–water partition coefficient (Wildman–Crippen LogP) is 2.56. The summed E-state index contributed by atoms with van der Waals surface area (Å²) in [7, 11) is 0. The van der Waals surface area contributed by atoms with Crippen LogP contribution in [0.15, 0.2) is 49.6 Å².